The van der Waals surface area contributed by atoms with Gasteiger partial charge in [-0.1, -0.05) is 32.0 Å². The third-order valence-corrected chi connectivity index (χ3v) is 8.08. The number of aromatic nitrogens is 1. The average molecular weight is 605 g/mol. The maximum absolute atomic E-state index is 15.0. The molecule has 0 spiro atoms. The molecule has 0 bridgehead atoms. The van der Waals surface area contributed by atoms with Gasteiger partial charge < -0.3 is 14.2 Å². The fourth-order valence-electron chi connectivity index (χ4n) is 5.65. The number of esters is 2. The van der Waals surface area contributed by atoms with E-state index in [1.807, 2.05) is 45.9 Å². The molecule has 0 amide bonds. The molecule has 0 radical (unpaired) electrons. The average Bonchev–Trinajstić information content (AvgIpc) is 3.80. The van der Waals surface area contributed by atoms with Crippen LogP contribution in [0.2, 0.25) is 0 Å². The van der Waals surface area contributed by atoms with Gasteiger partial charge in [-0.25, -0.2) is 14.2 Å². The minimum absolute atomic E-state index is 0.0299. The summed E-state index contributed by atoms with van der Waals surface area (Å²) in [5, 5.41) is 0. The van der Waals surface area contributed by atoms with Crippen molar-refractivity contribution < 1.29 is 28.2 Å². The lowest BCUT2D eigenvalue weighted by Gasteiger charge is -2.27. The Balaban J connectivity index is 1.63. The Bertz CT molecular complexity index is 1480. The van der Waals surface area contributed by atoms with Crippen LogP contribution in [0.4, 0.5) is 4.39 Å². The van der Waals surface area contributed by atoms with E-state index < -0.39 is 17.4 Å². The van der Waals surface area contributed by atoms with Gasteiger partial charge in [0.1, 0.15) is 17.2 Å². The quantitative estimate of drug-likeness (QED) is 0.154. The molecule has 1 heterocycles. The number of benzene rings is 2. The van der Waals surface area contributed by atoms with Crippen molar-refractivity contribution in [1.29, 1.82) is 0 Å². The standard InChI is InChI=1S/C36H45FN2O5/c1-9-39(22(2)3)21-27-17-26(15-16-29(27)30-19-32(42-8)38-20-31(30)37)35(41)43-28-12-10-11-25(18-28)33(24-13-14-24)23(4)34(40)44-36(5,6)7/h10-12,15-20,22-24,33H,9,13-14,21H2,1-8H3/t23-,33-/m0/s1. The lowest BCUT2D eigenvalue weighted by molar-refractivity contribution is -0.160. The minimum atomic E-state index is -0.566. The van der Waals surface area contributed by atoms with Crippen LogP contribution in [0.1, 0.15) is 88.7 Å². The van der Waals surface area contributed by atoms with Gasteiger partial charge in [0.15, 0.2) is 0 Å². The number of pyridine rings is 1. The van der Waals surface area contributed by atoms with E-state index in [4.69, 9.17) is 14.2 Å². The highest BCUT2D eigenvalue weighted by atomic mass is 19.1. The Kier molecular flexibility index (Phi) is 10.5. The first-order chi connectivity index (χ1) is 20.8. The monoisotopic (exact) mass is 604 g/mol. The number of methoxy groups -OCH3 is 1. The summed E-state index contributed by atoms with van der Waals surface area (Å²) >= 11 is 0. The van der Waals surface area contributed by atoms with Crippen molar-refractivity contribution in [1.82, 2.24) is 9.88 Å². The van der Waals surface area contributed by atoms with Gasteiger partial charge in [0.05, 0.1) is 24.8 Å². The molecule has 1 saturated carbocycles. The Hall–Kier alpha value is -3.78. The molecular weight excluding hydrogens is 559 g/mol. The summed E-state index contributed by atoms with van der Waals surface area (Å²) in [5.74, 6) is -0.491. The van der Waals surface area contributed by atoms with Crippen molar-refractivity contribution >= 4 is 11.9 Å². The molecule has 7 nitrogen and oxygen atoms in total. The molecule has 8 heteroatoms. The molecule has 0 unspecified atom stereocenters. The van der Waals surface area contributed by atoms with Crippen molar-refractivity contribution in [3.63, 3.8) is 0 Å². The summed E-state index contributed by atoms with van der Waals surface area (Å²) in [6.07, 6.45) is 3.24. The maximum Gasteiger partial charge on any atom is 0.343 e. The van der Waals surface area contributed by atoms with E-state index in [1.165, 1.54) is 7.11 Å². The third-order valence-electron chi connectivity index (χ3n) is 8.08. The first-order valence-electron chi connectivity index (χ1n) is 15.4. The van der Waals surface area contributed by atoms with E-state index in [0.29, 0.717) is 40.8 Å². The molecule has 236 valence electrons. The number of halogens is 1. The van der Waals surface area contributed by atoms with E-state index >= 15 is 0 Å². The van der Waals surface area contributed by atoms with Gasteiger partial charge in [-0.05, 0) is 107 Å². The van der Waals surface area contributed by atoms with Crippen molar-refractivity contribution in [2.24, 2.45) is 11.8 Å². The number of carbonyl (C=O) groups is 2. The zero-order chi connectivity index (χ0) is 32.2. The van der Waals surface area contributed by atoms with Gasteiger partial charge >= 0.3 is 11.9 Å². The Morgan fingerprint density at radius 3 is 2.39 bits per heavy atom. The third kappa shape index (κ3) is 8.23. The van der Waals surface area contributed by atoms with Crippen molar-refractivity contribution in [2.75, 3.05) is 13.7 Å². The van der Waals surface area contributed by atoms with Crippen LogP contribution in [-0.4, -0.2) is 47.1 Å². The van der Waals surface area contributed by atoms with E-state index in [2.05, 4.69) is 30.7 Å². The predicted molar refractivity (Wildman–Crippen MR) is 169 cm³/mol. The van der Waals surface area contributed by atoms with Crippen LogP contribution in [0.15, 0.2) is 54.7 Å². The molecular formula is C36H45FN2O5. The first-order valence-corrected chi connectivity index (χ1v) is 15.4. The first kappa shape index (κ1) is 33.1. The van der Waals surface area contributed by atoms with Gasteiger partial charge in [0.2, 0.25) is 5.88 Å². The largest absolute Gasteiger partial charge is 0.481 e. The van der Waals surface area contributed by atoms with Crippen LogP contribution in [0.25, 0.3) is 11.1 Å². The van der Waals surface area contributed by atoms with Gasteiger partial charge in [-0.15, -0.1) is 0 Å². The molecule has 1 fully saturated rings. The molecule has 4 rings (SSSR count). The van der Waals surface area contributed by atoms with Crippen molar-refractivity contribution in [3.05, 3.63) is 77.2 Å². The normalized spacial score (nSPS) is 14.8. The van der Waals surface area contributed by atoms with Crippen molar-refractivity contribution in [2.45, 2.75) is 85.4 Å². The number of carbonyl (C=O) groups excluding carboxylic acids is 2. The van der Waals surface area contributed by atoms with Crippen LogP contribution in [0, 0.1) is 17.7 Å². The van der Waals surface area contributed by atoms with E-state index in [9.17, 15) is 14.0 Å². The zero-order valence-corrected chi connectivity index (χ0v) is 27.1. The Morgan fingerprint density at radius 2 is 1.77 bits per heavy atom. The molecule has 0 aliphatic heterocycles. The molecule has 1 aliphatic rings. The van der Waals surface area contributed by atoms with Crippen molar-refractivity contribution in [3.8, 4) is 22.8 Å². The number of rotatable bonds is 12. The van der Waals surface area contributed by atoms with Gasteiger partial charge in [-0.2, -0.15) is 0 Å². The zero-order valence-electron chi connectivity index (χ0n) is 27.1. The predicted octanol–water partition coefficient (Wildman–Crippen LogP) is 7.82. The molecule has 1 aliphatic carbocycles. The molecule has 3 aromatic rings. The maximum atomic E-state index is 15.0. The number of nitrogens with zero attached hydrogens (tertiary/aromatic N) is 2. The fourth-order valence-corrected chi connectivity index (χ4v) is 5.65. The van der Waals surface area contributed by atoms with Gasteiger partial charge in [-0.3, -0.25) is 9.69 Å². The lowest BCUT2D eigenvalue weighted by atomic mass is 9.83. The number of hydrogen-bond acceptors (Lipinski definition) is 7. The molecule has 0 saturated heterocycles. The highest BCUT2D eigenvalue weighted by Gasteiger charge is 2.40. The number of hydrogen-bond donors (Lipinski definition) is 0. The summed E-state index contributed by atoms with van der Waals surface area (Å²) in [7, 11) is 1.49. The SMILES string of the molecule is CCN(Cc1cc(C(=O)Oc2cccc([C@H](C3CC3)[C@H](C)C(=O)OC(C)(C)C)c2)ccc1-c1cc(OC)ncc1F)C(C)C. The van der Waals surface area contributed by atoms with E-state index in [1.54, 1.807) is 30.3 Å². The van der Waals surface area contributed by atoms with Crippen LogP contribution in [0.5, 0.6) is 11.6 Å². The minimum Gasteiger partial charge on any atom is -0.481 e. The van der Waals surface area contributed by atoms with Crippen LogP contribution < -0.4 is 9.47 Å². The summed E-state index contributed by atoms with van der Waals surface area (Å²) in [4.78, 5) is 32.7. The molecule has 2 atom stereocenters. The second kappa shape index (κ2) is 13.9. The summed E-state index contributed by atoms with van der Waals surface area (Å²) < 4.78 is 31.8. The van der Waals surface area contributed by atoms with E-state index in [-0.39, 0.29) is 23.8 Å². The molecule has 1 aromatic heterocycles. The van der Waals surface area contributed by atoms with Crippen LogP contribution >= 0.6 is 0 Å². The van der Waals surface area contributed by atoms with Crippen LogP contribution in [-0.2, 0) is 16.1 Å². The number of ether oxygens (including phenoxy) is 3. The lowest BCUT2D eigenvalue weighted by Crippen LogP contribution is -2.31. The molecule has 0 N–H and O–H groups in total. The topological polar surface area (TPSA) is 78.0 Å². The van der Waals surface area contributed by atoms with Gasteiger partial charge in [0.25, 0.3) is 0 Å². The molecule has 44 heavy (non-hydrogen) atoms. The Morgan fingerprint density at radius 1 is 1.05 bits per heavy atom. The van der Waals surface area contributed by atoms with Crippen LogP contribution in [0.3, 0.4) is 0 Å². The molecule has 2 aromatic carbocycles. The highest BCUT2D eigenvalue weighted by Crippen LogP contribution is 2.47. The Labute approximate surface area is 260 Å². The highest BCUT2D eigenvalue weighted by molar-refractivity contribution is 5.92. The summed E-state index contributed by atoms with van der Waals surface area (Å²) in [6.45, 7) is 15.1. The second-order valence-electron chi connectivity index (χ2n) is 12.9. The fraction of sp³-hybridized carbons (Fsp3) is 0.472. The van der Waals surface area contributed by atoms with Gasteiger partial charge in [0, 0.05) is 24.2 Å². The summed E-state index contributed by atoms with van der Waals surface area (Å²) in [6, 6.07) is 14.4. The summed E-state index contributed by atoms with van der Waals surface area (Å²) in [5.41, 5.74) is 2.54. The smallest absolute Gasteiger partial charge is 0.343 e. The van der Waals surface area contributed by atoms with E-state index in [0.717, 1.165) is 36.7 Å². The second-order valence-corrected chi connectivity index (χ2v) is 12.9.